The molecular formula is C19H24N2O2. The Hall–Kier alpha value is -2.33. The van der Waals surface area contributed by atoms with Gasteiger partial charge in [-0.2, -0.15) is 0 Å². The van der Waals surface area contributed by atoms with Crippen LogP contribution in [0.4, 0.5) is 0 Å². The van der Waals surface area contributed by atoms with Crippen molar-refractivity contribution < 1.29 is 9.53 Å². The molecule has 0 fully saturated rings. The van der Waals surface area contributed by atoms with E-state index in [4.69, 9.17) is 4.74 Å². The van der Waals surface area contributed by atoms with Gasteiger partial charge in [-0.1, -0.05) is 36.4 Å². The highest BCUT2D eigenvalue weighted by atomic mass is 16.5. The smallest absolute Gasteiger partial charge is 0.220 e. The van der Waals surface area contributed by atoms with Crippen molar-refractivity contribution in [1.29, 1.82) is 0 Å². The first-order valence-corrected chi connectivity index (χ1v) is 7.93. The van der Waals surface area contributed by atoms with Crippen LogP contribution in [0.2, 0.25) is 0 Å². The first-order valence-electron chi connectivity index (χ1n) is 7.93. The Labute approximate surface area is 137 Å². The number of benzene rings is 2. The van der Waals surface area contributed by atoms with Crippen LogP contribution in [-0.2, 0) is 11.3 Å². The minimum atomic E-state index is 0.0611. The second-order valence-electron chi connectivity index (χ2n) is 5.46. The summed E-state index contributed by atoms with van der Waals surface area (Å²) >= 11 is 0. The van der Waals surface area contributed by atoms with Crippen LogP contribution in [0.3, 0.4) is 0 Å². The van der Waals surface area contributed by atoms with Crippen molar-refractivity contribution in [3.05, 3.63) is 59.7 Å². The number of carbonyl (C=O) groups excluding carboxylic acids is 1. The monoisotopic (exact) mass is 312 g/mol. The van der Waals surface area contributed by atoms with Crippen molar-refractivity contribution in [3.8, 4) is 11.5 Å². The van der Waals surface area contributed by atoms with Crippen LogP contribution in [0.5, 0.6) is 11.5 Å². The van der Waals surface area contributed by atoms with E-state index in [0.717, 1.165) is 35.6 Å². The molecule has 0 saturated heterocycles. The predicted octanol–water partition coefficient (Wildman–Crippen LogP) is 3.40. The first kappa shape index (κ1) is 17.0. The van der Waals surface area contributed by atoms with E-state index in [-0.39, 0.29) is 5.91 Å². The summed E-state index contributed by atoms with van der Waals surface area (Å²) in [6.07, 6.45) is 1.37. The molecular weight excluding hydrogens is 288 g/mol. The van der Waals surface area contributed by atoms with Gasteiger partial charge in [0.25, 0.3) is 0 Å². The molecule has 2 N–H and O–H groups in total. The average molecular weight is 312 g/mol. The van der Waals surface area contributed by atoms with Crippen molar-refractivity contribution in [2.75, 3.05) is 13.6 Å². The van der Waals surface area contributed by atoms with E-state index in [1.165, 1.54) is 0 Å². The molecule has 4 nitrogen and oxygen atoms in total. The molecule has 0 aliphatic heterocycles. The number of hydrogen-bond acceptors (Lipinski definition) is 3. The van der Waals surface area contributed by atoms with E-state index < -0.39 is 0 Å². The highest BCUT2D eigenvalue weighted by Crippen LogP contribution is 2.27. The maximum atomic E-state index is 11.8. The van der Waals surface area contributed by atoms with Crippen molar-refractivity contribution in [3.63, 3.8) is 0 Å². The Kier molecular flexibility index (Phi) is 6.63. The van der Waals surface area contributed by atoms with Gasteiger partial charge in [-0.25, -0.2) is 0 Å². The quantitative estimate of drug-likeness (QED) is 0.735. The number of para-hydroxylation sites is 2. The van der Waals surface area contributed by atoms with Crippen molar-refractivity contribution in [2.45, 2.75) is 26.3 Å². The van der Waals surface area contributed by atoms with Crippen LogP contribution in [0, 0.1) is 6.92 Å². The van der Waals surface area contributed by atoms with E-state index in [9.17, 15) is 4.79 Å². The number of hydrogen-bond donors (Lipinski definition) is 2. The predicted molar refractivity (Wildman–Crippen MR) is 92.7 cm³/mol. The van der Waals surface area contributed by atoms with Gasteiger partial charge in [0.05, 0.1) is 0 Å². The Morgan fingerprint density at radius 2 is 1.74 bits per heavy atom. The van der Waals surface area contributed by atoms with Crippen molar-refractivity contribution >= 4 is 5.91 Å². The molecule has 0 aromatic heterocycles. The Morgan fingerprint density at radius 3 is 2.48 bits per heavy atom. The largest absolute Gasteiger partial charge is 0.457 e. The molecule has 23 heavy (non-hydrogen) atoms. The van der Waals surface area contributed by atoms with Crippen LogP contribution in [0.1, 0.15) is 24.0 Å². The van der Waals surface area contributed by atoms with Crippen LogP contribution in [-0.4, -0.2) is 19.5 Å². The Balaban J connectivity index is 1.98. The summed E-state index contributed by atoms with van der Waals surface area (Å²) in [6, 6.07) is 15.7. The lowest BCUT2D eigenvalue weighted by Crippen LogP contribution is -2.23. The van der Waals surface area contributed by atoms with Crippen molar-refractivity contribution in [1.82, 2.24) is 10.6 Å². The van der Waals surface area contributed by atoms with Gasteiger partial charge in [0, 0.05) is 18.5 Å². The van der Waals surface area contributed by atoms with Crippen molar-refractivity contribution in [2.24, 2.45) is 0 Å². The SMILES string of the molecule is CNCCCC(=O)NCc1ccccc1Oc1ccccc1C. The molecule has 0 saturated carbocycles. The maximum absolute atomic E-state index is 11.8. The fourth-order valence-corrected chi connectivity index (χ4v) is 2.25. The maximum Gasteiger partial charge on any atom is 0.220 e. The highest BCUT2D eigenvalue weighted by Gasteiger charge is 2.07. The summed E-state index contributed by atoms with van der Waals surface area (Å²) in [4.78, 5) is 11.8. The second kappa shape index (κ2) is 8.96. The van der Waals surface area contributed by atoms with E-state index in [2.05, 4.69) is 10.6 Å². The van der Waals surface area contributed by atoms with Gasteiger partial charge in [-0.15, -0.1) is 0 Å². The van der Waals surface area contributed by atoms with E-state index in [0.29, 0.717) is 13.0 Å². The molecule has 2 aromatic carbocycles. The lowest BCUT2D eigenvalue weighted by atomic mass is 10.2. The summed E-state index contributed by atoms with van der Waals surface area (Å²) in [5.74, 6) is 1.67. The summed E-state index contributed by atoms with van der Waals surface area (Å²) in [5.41, 5.74) is 2.05. The third kappa shape index (κ3) is 5.42. The molecule has 0 unspecified atom stereocenters. The highest BCUT2D eigenvalue weighted by molar-refractivity contribution is 5.75. The third-order valence-corrected chi connectivity index (χ3v) is 3.59. The van der Waals surface area contributed by atoms with Gasteiger partial charge in [-0.3, -0.25) is 4.79 Å². The fourth-order valence-electron chi connectivity index (χ4n) is 2.25. The zero-order valence-electron chi connectivity index (χ0n) is 13.8. The second-order valence-corrected chi connectivity index (χ2v) is 5.46. The average Bonchev–Trinajstić information content (AvgIpc) is 2.56. The van der Waals surface area contributed by atoms with E-state index >= 15 is 0 Å². The van der Waals surface area contributed by atoms with Gasteiger partial charge in [0.2, 0.25) is 5.91 Å². The standard InChI is InChI=1S/C19H24N2O2/c1-15-8-3-5-10-17(15)23-18-11-6-4-9-16(18)14-21-19(22)12-7-13-20-2/h3-6,8-11,20H,7,12-14H2,1-2H3,(H,21,22). The summed E-state index contributed by atoms with van der Waals surface area (Å²) < 4.78 is 6.01. The van der Waals surface area contributed by atoms with Gasteiger partial charge < -0.3 is 15.4 Å². The zero-order chi connectivity index (χ0) is 16.5. The van der Waals surface area contributed by atoms with Gasteiger partial charge in [0.15, 0.2) is 0 Å². The number of aryl methyl sites for hydroxylation is 1. The van der Waals surface area contributed by atoms with Gasteiger partial charge >= 0.3 is 0 Å². The van der Waals surface area contributed by atoms with Gasteiger partial charge in [0.1, 0.15) is 11.5 Å². The van der Waals surface area contributed by atoms with Crippen LogP contribution in [0.25, 0.3) is 0 Å². The third-order valence-electron chi connectivity index (χ3n) is 3.59. The van der Waals surface area contributed by atoms with E-state index in [1.54, 1.807) is 0 Å². The number of carbonyl (C=O) groups is 1. The summed E-state index contributed by atoms with van der Waals surface area (Å²) in [6.45, 7) is 3.34. The summed E-state index contributed by atoms with van der Waals surface area (Å²) in [5, 5.41) is 5.99. The molecule has 0 aliphatic carbocycles. The molecule has 4 heteroatoms. The minimum Gasteiger partial charge on any atom is -0.457 e. The van der Waals surface area contributed by atoms with Crippen LogP contribution < -0.4 is 15.4 Å². The Bertz CT molecular complexity index is 641. The number of nitrogens with one attached hydrogen (secondary N) is 2. The molecule has 2 rings (SSSR count). The minimum absolute atomic E-state index is 0.0611. The number of rotatable bonds is 8. The number of ether oxygens (including phenoxy) is 1. The molecule has 0 radical (unpaired) electrons. The fraction of sp³-hybridized carbons (Fsp3) is 0.316. The molecule has 0 spiro atoms. The lowest BCUT2D eigenvalue weighted by Gasteiger charge is -2.13. The topological polar surface area (TPSA) is 50.4 Å². The first-order chi connectivity index (χ1) is 11.2. The molecule has 0 heterocycles. The lowest BCUT2D eigenvalue weighted by molar-refractivity contribution is -0.121. The van der Waals surface area contributed by atoms with Crippen LogP contribution >= 0.6 is 0 Å². The summed E-state index contributed by atoms with van der Waals surface area (Å²) in [7, 11) is 1.89. The molecule has 122 valence electrons. The molecule has 0 aliphatic rings. The zero-order valence-corrected chi connectivity index (χ0v) is 13.8. The normalized spacial score (nSPS) is 10.3. The number of amides is 1. The molecule has 0 bridgehead atoms. The van der Waals surface area contributed by atoms with E-state index in [1.807, 2.05) is 62.5 Å². The van der Waals surface area contributed by atoms with Gasteiger partial charge in [-0.05, 0) is 44.6 Å². The molecule has 1 amide bonds. The molecule has 0 atom stereocenters. The van der Waals surface area contributed by atoms with Crippen LogP contribution in [0.15, 0.2) is 48.5 Å². The molecule has 2 aromatic rings. The Morgan fingerprint density at radius 1 is 1.04 bits per heavy atom.